The van der Waals surface area contributed by atoms with Gasteiger partial charge in [-0.05, 0) is 6.92 Å². The van der Waals surface area contributed by atoms with Crippen LogP contribution in [0.4, 0.5) is 13.2 Å². The van der Waals surface area contributed by atoms with Crippen molar-refractivity contribution < 1.29 is 27.8 Å². The van der Waals surface area contributed by atoms with Crippen molar-refractivity contribution in [3.63, 3.8) is 0 Å². The van der Waals surface area contributed by atoms with Gasteiger partial charge < -0.3 is 20.5 Å². The van der Waals surface area contributed by atoms with Crippen molar-refractivity contribution in [2.45, 2.75) is 57.0 Å². The summed E-state index contributed by atoms with van der Waals surface area (Å²) in [5, 5.41) is 9.69. The zero-order valence-corrected chi connectivity index (χ0v) is 13.0. The van der Waals surface area contributed by atoms with E-state index in [0.29, 0.717) is 6.61 Å². The standard InChI is InChI=1S/C14H23F3N2O3/c1-4-22-9-7-13(18,11(9,2)3)10(20)19-6-5-12(21,8-19)14(15,16)17/h9,21H,4-8,18H2,1-3H3. The first-order valence-corrected chi connectivity index (χ1v) is 7.38. The number of ether oxygens (including phenoxy) is 1. The van der Waals surface area contributed by atoms with Gasteiger partial charge in [0.05, 0.1) is 12.6 Å². The fraction of sp³-hybridized carbons (Fsp3) is 0.929. The fourth-order valence-corrected chi connectivity index (χ4v) is 3.28. The minimum Gasteiger partial charge on any atom is -0.379 e. The Balaban J connectivity index is 2.11. The van der Waals surface area contributed by atoms with Gasteiger partial charge in [0.25, 0.3) is 0 Å². The van der Waals surface area contributed by atoms with Gasteiger partial charge in [-0.2, -0.15) is 13.2 Å². The largest absolute Gasteiger partial charge is 0.419 e. The van der Waals surface area contributed by atoms with Crippen LogP contribution in [0.5, 0.6) is 0 Å². The number of aliphatic hydroxyl groups is 1. The first kappa shape index (κ1) is 17.5. The number of nitrogens with zero attached hydrogens (tertiary/aromatic N) is 1. The number of halogens is 3. The monoisotopic (exact) mass is 324 g/mol. The average molecular weight is 324 g/mol. The summed E-state index contributed by atoms with van der Waals surface area (Å²) in [4.78, 5) is 13.6. The molecule has 3 N–H and O–H groups in total. The van der Waals surface area contributed by atoms with Crippen LogP contribution in [-0.2, 0) is 9.53 Å². The number of hydrogen-bond donors (Lipinski definition) is 2. The van der Waals surface area contributed by atoms with Crippen molar-refractivity contribution in [3.05, 3.63) is 0 Å². The quantitative estimate of drug-likeness (QED) is 0.813. The number of β-amino-alcohol motifs (C(OH)–C–C–N with tert-alkyl or cyclic N) is 1. The van der Waals surface area contributed by atoms with Crippen LogP contribution in [0.2, 0.25) is 0 Å². The lowest BCUT2D eigenvalue weighted by molar-refractivity contribution is -0.254. The molecule has 1 heterocycles. The molecule has 5 nitrogen and oxygen atoms in total. The zero-order chi connectivity index (χ0) is 17.0. The molecule has 1 saturated carbocycles. The minimum absolute atomic E-state index is 0.150. The molecule has 0 spiro atoms. The summed E-state index contributed by atoms with van der Waals surface area (Å²) in [5.74, 6) is -0.548. The molecule has 0 radical (unpaired) electrons. The van der Waals surface area contributed by atoms with Gasteiger partial charge in [0.2, 0.25) is 5.91 Å². The van der Waals surface area contributed by atoms with E-state index in [1.807, 2.05) is 6.92 Å². The summed E-state index contributed by atoms with van der Waals surface area (Å²) in [6, 6.07) is 0. The highest BCUT2D eigenvalue weighted by molar-refractivity contribution is 5.89. The van der Waals surface area contributed by atoms with E-state index in [4.69, 9.17) is 10.5 Å². The molecule has 128 valence electrons. The van der Waals surface area contributed by atoms with E-state index in [9.17, 15) is 23.1 Å². The topological polar surface area (TPSA) is 75.8 Å². The van der Waals surface area contributed by atoms with Gasteiger partial charge >= 0.3 is 6.18 Å². The second-order valence-corrected chi connectivity index (χ2v) is 6.85. The molecular formula is C14H23F3N2O3. The lowest BCUT2D eigenvalue weighted by Crippen LogP contribution is -2.76. The molecular weight excluding hydrogens is 301 g/mol. The fourth-order valence-electron chi connectivity index (χ4n) is 3.28. The van der Waals surface area contributed by atoms with Crippen molar-refractivity contribution in [1.82, 2.24) is 4.90 Å². The number of carbonyl (C=O) groups is 1. The maximum atomic E-state index is 12.8. The molecule has 1 aliphatic heterocycles. The second-order valence-electron chi connectivity index (χ2n) is 6.85. The molecule has 22 heavy (non-hydrogen) atoms. The Labute approximate surface area is 127 Å². The Morgan fingerprint density at radius 2 is 2.05 bits per heavy atom. The van der Waals surface area contributed by atoms with Crippen molar-refractivity contribution in [3.8, 4) is 0 Å². The maximum Gasteiger partial charge on any atom is 0.419 e. The number of hydrogen-bond acceptors (Lipinski definition) is 4. The molecule has 3 atom stereocenters. The number of amides is 1. The molecule has 1 amide bonds. The third-order valence-corrected chi connectivity index (χ3v) is 5.27. The van der Waals surface area contributed by atoms with Crippen LogP contribution in [0.25, 0.3) is 0 Å². The highest BCUT2D eigenvalue weighted by Gasteiger charge is 2.66. The minimum atomic E-state index is -4.76. The Morgan fingerprint density at radius 1 is 1.45 bits per heavy atom. The molecule has 8 heteroatoms. The summed E-state index contributed by atoms with van der Waals surface area (Å²) in [6.07, 6.45) is -5.20. The third kappa shape index (κ3) is 2.32. The van der Waals surface area contributed by atoms with Gasteiger partial charge in [0.15, 0.2) is 5.60 Å². The van der Waals surface area contributed by atoms with Gasteiger partial charge in [-0.15, -0.1) is 0 Å². The smallest absolute Gasteiger partial charge is 0.379 e. The predicted octanol–water partition coefficient (Wildman–Crippen LogP) is 1.04. The van der Waals surface area contributed by atoms with E-state index >= 15 is 0 Å². The van der Waals surface area contributed by atoms with E-state index in [1.54, 1.807) is 13.8 Å². The van der Waals surface area contributed by atoms with E-state index in [1.165, 1.54) is 0 Å². The SMILES string of the molecule is CCOC1CC(N)(C(=O)N2CCC(O)(C(F)(F)F)C2)C1(C)C. The number of carbonyl (C=O) groups excluding carboxylic acids is 1. The molecule has 0 aromatic carbocycles. The van der Waals surface area contributed by atoms with Gasteiger partial charge in [0.1, 0.15) is 5.54 Å². The van der Waals surface area contributed by atoms with Crippen LogP contribution < -0.4 is 5.73 Å². The highest BCUT2D eigenvalue weighted by atomic mass is 19.4. The van der Waals surface area contributed by atoms with Gasteiger partial charge in [-0.25, -0.2) is 0 Å². The molecule has 2 fully saturated rings. The second kappa shape index (κ2) is 5.07. The summed E-state index contributed by atoms with van der Waals surface area (Å²) >= 11 is 0. The van der Waals surface area contributed by atoms with Crippen LogP contribution in [-0.4, -0.2) is 59.0 Å². The van der Waals surface area contributed by atoms with Gasteiger partial charge in [-0.3, -0.25) is 4.79 Å². The number of rotatable bonds is 3. The Morgan fingerprint density at radius 3 is 2.45 bits per heavy atom. The molecule has 1 saturated heterocycles. The van der Waals surface area contributed by atoms with E-state index in [0.717, 1.165) is 4.90 Å². The summed E-state index contributed by atoms with van der Waals surface area (Å²) in [5.41, 5.74) is 1.42. The van der Waals surface area contributed by atoms with Crippen LogP contribution in [0.15, 0.2) is 0 Å². The van der Waals surface area contributed by atoms with Crippen molar-refractivity contribution in [2.24, 2.45) is 11.1 Å². The number of likely N-dealkylation sites (tertiary alicyclic amines) is 1. The lowest BCUT2D eigenvalue weighted by atomic mass is 9.54. The average Bonchev–Trinajstić information content (AvgIpc) is 2.81. The Hall–Kier alpha value is -0.860. The lowest BCUT2D eigenvalue weighted by Gasteiger charge is -2.58. The third-order valence-electron chi connectivity index (χ3n) is 5.27. The van der Waals surface area contributed by atoms with Crippen LogP contribution in [0.3, 0.4) is 0 Å². The van der Waals surface area contributed by atoms with Gasteiger partial charge in [0, 0.05) is 31.4 Å². The number of alkyl halides is 3. The molecule has 0 aromatic rings. The summed E-state index contributed by atoms with van der Waals surface area (Å²) < 4.78 is 44.1. The molecule has 1 aliphatic carbocycles. The summed E-state index contributed by atoms with van der Waals surface area (Å²) in [6.45, 7) is 4.96. The highest BCUT2D eigenvalue weighted by Crippen LogP contribution is 2.51. The molecule has 3 unspecified atom stereocenters. The molecule has 0 aromatic heterocycles. The van der Waals surface area contributed by atoms with Crippen LogP contribution >= 0.6 is 0 Å². The van der Waals surface area contributed by atoms with E-state index < -0.39 is 41.6 Å². The van der Waals surface area contributed by atoms with Crippen molar-refractivity contribution in [2.75, 3.05) is 19.7 Å². The normalized spacial score (nSPS) is 38.0. The van der Waals surface area contributed by atoms with Crippen LogP contribution in [0, 0.1) is 5.41 Å². The molecule has 2 aliphatic rings. The Kier molecular flexibility index (Phi) is 4.03. The number of nitrogens with two attached hydrogens (primary N) is 1. The van der Waals surface area contributed by atoms with Gasteiger partial charge in [-0.1, -0.05) is 13.8 Å². The first-order chi connectivity index (χ1) is 9.89. The first-order valence-electron chi connectivity index (χ1n) is 7.38. The van der Waals surface area contributed by atoms with E-state index in [-0.39, 0.29) is 19.1 Å². The van der Waals surface area contributed by atoms with Crippen LogP contribution in [0.1, 0.15) is 33.6 Å². The predicted molar refractivity (Wildman–Crippen MR) is 72.9 cm³/mol. The zero-order valence-electron chi connectivity index (χ0n) is 13.0. The van der Waals surface area contributed by atoms with Crippen molar-refractivity contribution >= 4 is 5.91 Å². The Bertz CT molecular complexity index is 469. The summed E-state index contributed by atoms with van der Waals surface area (Å²) in [7, 11) is 0. The maximum absolute atomic E-state index is 12.8. The molecule has 0 bridgehead atoms. The van der Waals surface area contributed by atoms with E-state index in [2.05, 4.69) is 0 Å². The van der Waals surface area contributed by atoms with Crippen molar-refractivity contribution in [1.29, 1.82) is 0 Å². The molecule has 2 rings (SSSR count).